The Hall–Kier alpha value is -2.07. The lowest BCUT2D eigenvalue weighted by molar-refractivity contribution is -0.161. The van der Waals surface area contributed by atoms with Crippen LogP contribution >= 0.6 is 7.82 Å². The van der Waals surface area contributed by atoms with Crippen molar-refractivity contribution in [2.24, 2.45) is 5.73 Å². The molecule has 0 heterocycles. The monoisotopic (exact) mass is 784 g/mol. The van der Waals surface area contributed by atoms with Crippen molar-refractivity contribution >= 4 is 19.8 Å². The van der Waals surface area contributed by atoms with Crippen molar-refractivity contribution in [2.45, 2.75) is 187 Å². The number of hydrogen-bond acceptors (Lipinski definition) is 9. The standard InChI is InChI=1S/C43H78NO9P/c1-3-5-7-9-11-12-13-14-15-16-17-18-19-20-22-26-30-34-42(46)50-38-41(39-52-54(48,49)51-37-36-44)53-43(47)35-31-27-23-25-29-33-40(45)32-28-24-21-10-8-6-4-2/h6,8,14-15,21,24,28,32,40-41,45H,3-5,7,9-13,16-20,22-23,25-27,29-31,33-39,44H2,1-2H3,(H,48,49)/b8-6+,15-14-,24-21+,32-28+/t40?,41-/m1/s1. The number of ether oxygens (including phenoxy) is 2. The molecule has 0 fully saturated rings. The minimum atomic E-state index is -4.40. The lowest BCUT2D eigenvalue weighted by Gasteiger charge is -2.19. The summed E-state index contributed by atoms with van der Waals surface area (Å²) in [5.41, 5.74) is 5.34. The van der Waals surface area contributed by atoms with E-state index in [9.17, 15) is 24.2 Å². The fourth-order valence-corrected chi connectivity index (χ4v) is 6.40. The molecule has 314 valence electrons. The first kappa shape index (κ1) is 51.9. The molecule has 0 amide bonds. The molecule has 0 spiro atoms. The van der Waals surface area contributed by atoms with Crippen LogP contribution in [0.3, 0.4) is 0 Å². The molecule has 0 aromatic rings. The summed E-state index contributed by atoms with van der Waals surface area (Å²) in [7, 11) is -4.40. The van der Waals surface area contributed by atoms with Gasteiger partial charge in [-0.1, -0.05) is 152 Å². The molecule has 11 heteroatoms. The van der Waals surface area contributed by atoms with Gasteiger partial charge in [-0.25, -0.2) is 4.57 Å². The maximum atomic E-state index is 12.6. The number of esters is 2. The van der Waals surface area contributed by atoms with Crippen LogP contribution in [0, 0.1) is 0 Å². The highest BCUT2D eigenvalue weighted by molar-refractivity contribution is 7.47. The van der Waals surface area contributed by atoms with Crippen LogP contribution in [0.2, 0.25) is 0 Å². The highest BCUT2D eigenvalue weighted by Gasteiger charge is 2.26. The van der Waals surface area contributed by atoms with E-state index in [0.29, 0.717) is 19.3 Å². The molecule has 0 aliphatic carbocycles. The molecule has 54 heavy (non-hydrogen) atoms. The Kier molecular flexibility index (Phi) is 37.7. The molecule has 0 aliphatic rings. The first-order valence-electron chi connectivity index (χ1n) is 21.2. The van der Waals surface area contributed by atoms with Crippen LogP contribution in [0.5, 0.6) is 0 Å². The number of aliphatic hydroxyl groups excluding tert-OH is 1. The number of carbonyl (C=O) groups is 2. The van der Waals surface area contributed by atoms with Crippen molar-refractivity contribution in [3.63, 3.8) is 0 Å². The molecule has 0 radical (unpaired) electrons. The Morgan fingerprint density at radius 3 is 1.85 bits per heavy atom. The van der Waals surface area contributed by atoms with Crippen molar-refractivity contribution in [2.75, 3.05) is 26.4 Å². The Morgan fingerprint density at radius 1 is 0.667 bits per heavy atom. The fourth-order valence-electron chi connectivity index (χ4n) is 5.64. The van der Waals surface area contributed by atoms with Crippen molar-refractivity contribution in [3.05, 3.63) is 48.6 Å². The van der Waals surface area contributed by atoms with Gasteiger partial charge in [-0.05, 0) is 57.8 Å². The van der Waals surface area contributed by atoms with E-state index in [1.54, 1.807) is 6.08 Å². The average Bonchev–Trinajstić information content (AvgIpc) is 3.15. The maximum absolute atomic E-state index is 12.6. The highest BCUT2D eigenvalue weighted by Crippen LogP contribution is 2.43. The van der Waals surface area contributed by atoms with Gasteiger partial charge in [-0.15, -0.1) is 0 Å². The van der Waals surface area contributed by atoms with Crippen LogP contribution in [0.4, 0.5) is 0 Å². The van der Waals surface area contributed by atoms with Gasteiger partial charge in [0.05, 0.1) is 19.3 Å². The van der Waals surface area contributed by atoms with Gasteiger partial charge in [0.1, 0.15) is 6.61 Å². The van der Waals surface area contributed by atoms with Crippen molar-refractivity contribution in [1.29, 1.82) is 0 Å². The molecule has 0 rings (SSSR count). The summed E-state index contributed by atoms with van der Waals surface area (Å²) in [4.78, 5) is 34.8. The number of allylic oxidation sites excluding steroid dienone is 7. The van der Waals surface area contributed by atoms with Gasteiger partial charge in [0, 0.05) is 19.4 Å². The Bertz CT molecular complexity index is 1050. The minimum absolute atomic E-state index is 0.0353. The van der Waals surface area contributed by atoms with Crippen LogP contribution in [0.25, 0.3) is 0 Å². The van der Waals surface area contributed by atoms with E-state index in [0.717, 1.165) is 64.2 Å². The van der Waals surface area contributed by atoms with E-state index in [1.807, 2.05) is 18.2 Å². The zero-order valence-corrected chi connectivity index (χ0v) is 35.0. The Morgan fingerprint density at radius 2 is 1.24 bits per heavy atom. The van der Waals surface area contributed by atoms with E-state index in [2.05, 4.69) is 38.2 Å². The number of phosphoric ester groups is 1. The largest absolute Gasteiger partial charge is 0.472 e. The van der Waals surface area contributed by atoms with Gasteiger partial charge in [0.25, 0.3) is 0 Å². The molecule has 0 bridgehead atoms. The summed E-state index contributed by atoms with van der Waals surface area (Å²) in [5.74, 6) is -0.912. The van der Waals surface area contributed by atoms with Gasteiger partial charge in [-0.2, -0.15) is 0 Å². The molecular weight excluding hydrogens is 705 g/mol. The second-order valence-electron chi connectivity index (χ2n) is 14.0. The van der Waals surface area contributed by atoms with Crippen LogP contribution in [-0.4, -0.2) is 60.5 Å². The summed E-state index contributed by atoms with van der Waals surface area (Å²) in [5, 5.41) is 10.1. The lowest BCUT2D eigenvalue weighted by Crippen LogP contribution is -2.29. The zero-order chi connectivity index (χ0) is 39.8. The summed E-state index contributed by atoms with van der Waals surface area (Å²) in [6.07, 6.45) is 40.2. The van der Waals surface area contributed by atoms with E-state index in [-0.39, 0.29) is 32.6 Å². The van der Waals surface area contributed by atoms with Crippen LogP contribution in [0.15, 0.2) is 48.6 Å². The lowest BCUT2D eigenvalue weighted by atomic mass is 10.1. The molecule has 10 nitrogen and oxygen atoms in total. The first-order chi connectivity index (χ1) is 26.2. The second-order valence-corrected chi connectivity index (χ2v) is 15.5. The molecule has 0 saturated heterocycles. The van der Waals surface area contributed by atoms with E-state index in [4.69, 9.17) is 24.3 Å². The summed E-state index contributed by atoms with van der Waals surface area (Å²) in [6.45, 7) is 3.47. The predicted molar refractivity (Wildman–Crippen MR) is 221 cm³/mol. The number of nitrogens with two attached hydrogens (primary N) is 1. The van der Waals surface area contributed by atoms with Crippen molar-refractivity contribution < 1.29 is 42.7 Å². The van der Waals surface area contributed by atoms with Crippen LogP contribution < -0.4 is 5.73 Å². The summed E-state index contributed by atoms with van der Waals surface area (Å²) in [6, 6.07) is 0. The fraction of sp³-hybridized carbons (Fsp3) is 0.767. The highest BCUT2D eigenvalue weighted by atomic mass is 31.2. The van der Waals surface area contributed by atoms with Crippen molar-refractivity contribution in [1.82, 2.24) is 0 Å². The molecule has 0 saturated carbocycles. The third kappa shape index (κ3) is 38.2. The molecular formula is C43H78NO9P. The molecule has 3 atom stereocenters. The molecule has 0 aromatic heterocycles. The maximum Gasteiger partial charge on any atom is 0.472 e. The smallest absolute Gasteiger partial charge is 0.462 e. The normalized spacial score (nSPS) is 14.4. The number of aliphatic hydroxyl groups is 1. The predicted octanol–water partition coefficient (Wildman–Crippen LogP) is 10.9. The zero-order valence-electron chi connectivity index (χ0n) is 34.1. The third-order valence-electron chi connectivity index (χ3n) is 8.80. The molecule has 2 unspecified atom stereocenters. The van der Waals surface area contributed by atoms with Gasteiger partial charge in [-0.3, -0.25) is 18.6 Å². The summed E-state index contributed by atoms with van der Waals surface area (Å²) < 4.78 is 32.7. The van der Waals surface area contributed by atoms with Gasteiger partial charge in [0.2, 0.25) is 0 Å². The third-order valence-corrected chi connectivity index (χ3v) is 9.79. The molecule has 0 aliphatic heterocycles. The van der Waals surface area contributed by atoms with Crippen molar-refractivity contribution in [3.8, 4) is 0 Å². The molecule has 4 N–H and O–H groups in total. The first-order valence-corrected chi connectivity index (χ1v) is 22.7. The quantitative estimate of drug-likeness (QED) is 0.0180. The van der Waals surface area contributed by atoms with Crippen LogP contribution in [-0.2, 0) is 32.7 Å². The van der Waals surface area contributed by atoms with E-state index >= 15 is 0 Å². The number of rotatable bonds is 39. The number of phosphoric acid groups is 1. The van der Waals surface area contributed by atoms with Gasteiger partial charge in [0.15, 0.2) is 6.10 Å². The van der Waals surface area contributed by atoms with Crippen LogP contribution in [0.1, 0.15) is 174 Å². The number of carbonyl (C=O) groups excluding carboxylic acids is 2. The number of hydrogen-bond donors (Lipinski definition) is 3. The SMILES string of the molecule is CC/C=C/C/C=C/C=C/C(O)CCCCCCCC(=O)O[C@H](COC(=O)CCCCCCCCC/C=C\CCCCCCCC)COP(=O)(O)OCCN. The Balaban J connectivity index is 4.25. The number of unbranched alkanes of at least 4 members (excludes halogenated alkanes) is 17. The van der Waals surface area contributed by atoms with E-state index < -0.39 is 38.6 Å². The summed E-state index contributed by atoms with van der Waals surface area (Å²) >= 11 is 0. The average molecular weight is 784 g/mol. The second kappa shape index (κ2) is 39.2. The van der Waals surface area contributed by atoms with Gasteiger partial charge >= 0.3 is 19.8 Å². The van der Waals surface area contributed by atoms with Gasteiger partial charge < -0.3 is 25.2 Å². The topological polar surface area (TPSA) is 155 Å². The minimum Gasteiger partial charge on any atom is -0.462 e. The molecule has 0 aromatic carbocycles. The Labute approximate surface area is 329 Å². The van der Waals surface area contributed by atoms with E-state index in [1.165, 1.54) is 64.2 Å².